The van der Waals surface area contributed by atoms with E-state index in [2.05, 4.69) is 0 Å². The second kappa shape index (κ2) is 90.9. The third-order valence-corrected chi connectivity index (χ3v) is 0. The number of hydrogen-bond acceptors (Lipinski definition) is 0. The van der Waals surface area contributed by atoms with Gasteiger partial charge in [-0.1, -0.05) is 7.43 Å². The fourth-order valence-electron chi connectivity index (χ4n) is 0. The Morgan fingerprint density at radius 3 is 0.750 bits per heavy atom. The van der Waals surface area contributed by atoms with Crippen LogP contribution in [0.5, 0.6) is 0 Å². The van der Waals surface area contributed by atoms with Gasteiger partial charge >= 0.3 is 148 Å². The molecule has 0 bridgehead atoms. The van der Waals surface area contributed by atoms with Crippen molar-refractivity contribution in [2.45, 2.75) is 7.43 Å². The van der Waals surface area contributed by atoms with E-state index in [1.165, 1.54) is 0 Å². The molecule has 12 heavy (non-hydrogen) atoms. The molecule has 0 aliphatic heterocycles. The van der Waals surface area contributed by atoms with E-state index >= 15 is 0 Å². The predicted molar refractivity (Wildman–Crippen MR) is 49.8 cm³/mol. The van der Waals surface area contributed by atoms with Crippen molar-refractivity contribution in [1.29, 1.82) is 0 Å². The van der Waals surface area contributed by atoms with Gasteiger partial charge in [0.15, 0.2) is 0 Å². The maximum Gasteiger partial charge on any atom is 1.00 e. The largest absolute Gasteiger partial charge is 1.00 e. The van der Waals surface area contributed by atoms with Gasteiger partial charge in [-0.05, 0) is 0 Å². The van der Waals surface area contributed by atoms with Gasteiger partial charge in [0.25, 0.3) is 0 Å². The van der Waals surface area contributed by atoms with E-state index < -0.39 is 0 Å². The van der Waals surface area contributed by atoms with Crippen molar-refractivity contribution < 1.29 is 227 Å². The van der Waals surface area contributed by atoms with Crippen LogP contribution >= 0.6 is 48.0 Å². The maximum atomic E-state index is 5.00. The summed E-state index contributed by atoms with van der Waals surface area (Å²) < 4.78 is 10.0. The summed E-state index contributed by atoms with van der Waals surface area (Å²) in [7, 11) is 0. The van der Waals surface area contributed by atoms with Crippen molar-refractivity contribution >= 4 is 56.4 Å². The molecule has 0 aliphatic carbocycles. The van der Waals surface area contributed by atoms with E-state index in [-0.39, 0.29) is 288 Å². The number of rotatable bonds is 0. The Morgan fingerprint density at radius 1 is 0.750 bits per heavy atom. The van der Waals surface area contributed by atoms with Crippen molar-refractivity contribution in [2.75, 3.05) is 0 Å². The summed E-state index contributed by atoms with van der Waals surface area (Å²) in [5, 5.41) is 0. The van der Waals surface area contributed by atoms with Gasteiger partial charge in [0.05, 0.1) is 0 Å². The van der Waals surface area contributed by atoms with Crippen LogP contribution in [0.1, 0.15) is 14.7 Å². The molecule has 0 unspecified atom stereocenters. The van der Waals surface area contributed by atoms with Gasteiger partial charge in [0.2, 0.25) is 0 Å². The van der Waals surface area contributed by atoms with Gasteiger partial charge in [0.1, 0.15) is 0 Å². The first-order valence-electron chi connectivity index (χ1n) is 1.00. The molecular weight excluding hydrogens is 772 g/mol. The Balaban J connectivity index is -0.0000000000476. The Labute approximate surface area is 282 Å². The first-order chi connectivity index (χ1) is 1.00. The van der Waals surface area contributed by atoms with Crippen LogP contribution in [-0.2, 0) is 0 Å². The van der Waals surface area contributed by atoms with Gasteiger partial charge in [-0.2, -0.15) is 0 Å². The van der Waals surface area contributed by atoms with Gasteiger partial charge in [-0.25, -0.2) is 0 Å². The SMILES string of the molecule is C.I.I.[2H-].[2HH].[2H][2H].[B].[H-].[I-].[I-].[I-].[Na+].[Na+].[Na+].[Na+].[Na+]. The van der Waals surface area contributed by atoms with E-state index in [9.17, 15) is 0 Å². The topological polar surface area (TPSA) is 0 Å². The smallest absolute Gasteiger partial charge is 1.00 e. The zero-order valence-corrected chi connectivity index (χ0v) is 28.7. The van der Waals surface area contributed by atoms with Gasteiger partial charge in [-0.3, -0.25) is 0 Å². The van der Waals surface area contributed by atoms with Crippen LogP contribution in [0.25, 0.3) is 0 Å². The van der Waals surface area contributed by atoms with E-state index in [1.54, 1.807) is 0 Å². The number of halogens is 5. The summed E-state index contributed by atoms with van der Waals surface area (Å²) in [6.45, 7) is 0. The molecule has 0 saturated heterocycles. The monoisotopic (exact) mass is 789 g/mol. The minimum Gasteiger partial charge on any atom is -1.00 e. The predicted octanol–water partition coefficient (Wildman–Crippen LogP) is -21.8. The first-order valence-corrected chi connectivity index (χ1v) is 0. The van der Waals surface area contributed by atoms with Crippen LogP contribution in [0.15, 0.2) is 0 Å². The molecule has 0 amide bonds. The van der Waals surface area contributed by atoms with Crippen molar-refractivity contribution in [3.05, 3.63) is 0 Å². The molecule has 0 aromatic rings. The molecule has 0 rings (SSSR count). The fraction of sp³-hybridized carbons (Fsp3) is 1.00. The molecule has 0 heterocycles. The third-order valence-electron chi connectivity index (χ3n) is 0. The quantitative estimate of drug-likeness (QED) is 0.169. The van der Waals surface area contributed by atoms with Crippen LogP contribution in [0.2, 0.25) is 0 Å². The average molecular weight is 788 g/mol. The standard InChI is InChI=1S/CH4.B.5HI.5Na.2H2.2H/h1H4;;5*1H;;;;;;2*1H;;/q;;;;;;;5*+1;;;2*-1/p-3/i;;;;;;;;;;;;1+1D;2*1+1;. The molecule has 0 nitrogen and oxygen atoms in total. The second-order valence-corrected chi connectivity index (χ2v) is 0. The first kappa shape index (κ1) is 85.3. The molecule has 0 aliphatic rings. The number of hydrogen-bond donors (Lipinski definition) is 0. The minimum absolute atomic E-state index is 0. The van der Waals surface area contributed by atoms with Crippen molar-refractivity contribution in [3.63, 3.8) is 0 Å². The summed E-state index contributed by atoms with van der Waals surface area (Å²) in [5.41, 5.74) is 0. The zero-order chi connectivity index (χ0) is 2.00. The molecule has 3 radical (unpaired) electrons. The molecule has 0 spiro atoms. The Bertz CT molecular complexity index is 34.7. The van der Waals surface area contributed by atoms with Crippen LogP contribution in [-0.4, -0.2) is 8.41 Å². The van der Waals surface area contributed by atoms with E-state index in [0.717, 1.165) is 0 Å². The van der Waals surface area contributed by atoms with Crippen molar-refractivity contribution in [2.24, 2.45) is 0 Å². The van der Waals surface area contributed by atoms with Crippen LogP contribution in [0.4, 0.5) is 0 Å². The zero-order valence-electron chi connectivity index (χ0n) is 11.5. The molecule has 0 atom stereocenters. The molecule has 0 aromatic heterocycles. The second-order valence-electron chi connectivity index (χ2n) is 0. The van der Waals surface area contributed by atoms with Gasteiger partial charge < -0.3 is 74.8 Å². The summed E-state index contributed by atoms with van der Waals surface area (Å²) in [6, 6.07) is 0. The van der Waals surface area contributed by atoms with Crippen molar-refractivity contribution in [3.8, 4) is 0 Å². The minimum atomic E-state index is 0. The summed E-state index contributed by atoms with van der Waals surface area (Å²) in [5.74, 6) is 0. The van der Waals surface area contributed by atoms with E-state index in [4.69, 9.17) is 2.97 Å². The molecule has 0 N–H and O–H groups in total. The Kier molecular flexibility index (Phi) is 646. The van der Waals surface area contributed by atoms with E-state index in [0.29, 0.717) is 0 Å². The van der Waals surface area contributed by atoms with Gasteiger partial charge in [0, 0.05) is 12.8 Å². The van der Waals surface area contributed by atoms with Crippen molar-refractivity contribution in [1.82, 2.24) is 0 Å². The summed E-state index contributed by atoms with van der Waals surface area (Å²) in [6.07, 6.45) is 0. The molecule has 0 aromatic carbocycles. The van der Waals surface area contributed by atoms with Gasteiger partial charge in [-0.15, -0.1) is 48.0 Å². The van der Waals surface area contributed by atoms with Crippen LogP contribution in [0.3, 0.4) is 0 Å². The normalized spacial score (nSPS) is 0.667. The fourth-order valence-corrected chi connectivity index (χ4v) is 0. The summed E-state index contributed by atoms with van der Waals surface area (Å²) >= 11 is 0. The Hall–Kier alpha value is 8.71. The molecule has 0 fully saturated rings. The third kappa shape index (κ3) is 77.3. The Morgan fingerprint density at radius 2 is 0.750 bits per heavy atom. The average Bonchev–Trinajstić information content (AvgIpc) is 1.00. The van der Waals surface area contributed by atoms with Crippen LogP contribution in [0, 0.1) is 0 Å². The molecule has 59 valence electrons. The molecule has 11 heteroatoms. The van der Waals surface area contributed by atoms with Crippen LogP contribution < -0.4 is 220 Å². The maximum absolute atomic E-state index is 5.00. The van der Waals surface area contributed by atoms with E-state index in [1.807, 2.05) is 0 Å². The molecular formula is CH12BI5Na5. The molecule has 0 saturated carbocycles. The summed E-state index contributed by atoms with van der Waals surface area (Å²) in [4.78, 5) is 0.